The maximum absolute atomic E-state index is 13.6. The summed E-state index contributed by atoms with van der Waals surface area (Å²) in [6, 6.07) is 18.6. The van der Waals surface area contributed by atoms with Gasteiger partial charge in [-0.2, -0.15) is 0 Å². The van der Waals surface area contributed by atoms with E-state index in [-0.39, 0.29) is 30.1 Å². The highest BCUT2D eigenvalue weighted by Gasteiger charge is 2.25. The molecule has 33 heavy (non-hydrogen) atoms. The van der Waals surface area contributed by atoms with Crippen molar-refractivity contribution in [1.29, 1.82) is 0 Å². The molecule has 1 heterocycles. The summed E-state index contributed by atoms with van der Waals surface area (Å²) in [6.07, 6.45) is 0.116. The lowest BCUT2D eigenvalue weighted by Crippen LogP contribution is -2.14. The van der Waals surface area contributed by atoms with E-state index < -0.39 is 5.97 Å². The predicted molar refractivity (Wildman–Crippen MR) is 121 cm³/mol. The number of hydrogen-bond donors (Lipinski definition) is 1. The Balaban J connectivity index is 1.84. The van der Waals surface area contributed by atoms with Gasteiger partial charge in [-0.3, -0.25) is 4.79 Å². The van der Waals surface area contributed by atoms with Crippen LogP contribution in [0.2, 0.25) is 0 Å². The molecule has 0 atom stereocenters. The second-order valence-electron chi connectivity index (χ2n) is 7.31. The van der Waals surface area contributed by atoms with Crippen molar-refractivity contribution in [3.63, 3.8) is 0 Å². The van der Waals surface area contributed by atoms with Gasteiger partial charge in [0, 0.05) is 17.6 Å². The van der Waals surface area contributed by atoms with Crippen LogP contribution in [0.25, 0.3) is 5.57 Å². The van der Waals surface area contributed by atoms with Gasteiger partial charge in [0.1, 0.15) is 11.5 Å². The van der Waals surface area contributed by atoms with E-state index in [1.54, 1.807) is 73.8 Å². The van der Waals surface area contributed by atoms with Crippen molar-refractivity contribution in [1.82, 2.24) is 0 Å². The molecule has 168 valence electrons. The lowest BCUT2D eigenvalue weighted by molar-refractivity contribution is -0.130. The second-order valence-corrected chi connectivity index (χ2v) is 7.31. The Morgan fingerprint density at radius 3 is 2.00 bits per heavy atom. The number of fused-ring (bicyclic) bond motifs is 1. The number of hydrogen-bond acceptors (Lipinski definition) is 6. The molecule has 0 aliphatic carbocycles. The van der Waals surface area contributed by atoms with Crippen LogP contribution < -0.4 is 18.9 Å². The average molecular weight is 446 g/mol. The summed E-state index contributed by atoms with van der Waals surface area (Å²) in [5, 5.41) is 10.2. The normalized spacial score (nSPS) is 12.7. The van der Waals surface area contributed by atoms with Crippen LogP contribution >= 0.6 is 0 Å². The second kappa shape index (κ2) is 9.48. The maximum atomic E-state index is 13.6. The van der Waals surface area contributed by atoms with E-state index in [0.717, 1.165) is 5.56 Å². The van der Waals surface area contributed by atoms with Crippen LogP contribution in [0.4, 0.5) is 0 Å². The number of benzene rings is 3. The SMILES string of the molecule is COc1ccc(CC(C(=O)c2ccc(OC)cc2)=C(C(=O)O)c2ccc3c(c2)OCO3)cc1. The van der Waals surface area contributed by atoms with Gasteiger partial charge >= 0.3 is 5.97 Å². The van der Waals surface area contributed by atoms with Crippen molar-refractivity contribution in [2.24, 2.45) is 0 Å². The van der Waals surface area contributed by atoms with Crippen molar-refractivity contribution in [2.75, 3.05) is 21.0 Å². The molecule has 0 bridgehead atoms. The first-order chi connectivity index (χ1) is 16.0. The quantitative estimate of drug-likeness (QED) is 0.405. The number of ether oxygens (including phenoxy) is 4. The fourth-order valence-electron chi connectivity index (χ4n) is 3.63. The zero-order valence-corrected chi connectivity index (χ0v) is 18.2. The van der Waals surface area contributed by atoms with Gasteiger partial charge in [0.25, 0.3) is 0 Å². The first-order valence-electron chi connectivity index (χ1n) is 10.2. The molecule has 7 heteroatoms. The fourth-order valence-corrected chi connectivity index (χ4v) is 3.63. The summed E-state index contributed by atoms with van der Waals surface area (Å²) >= 11 is 0. The van der Waals surface area contributed by atoms with Gasteiger partial charge in [-0.15, -0.1) is 0 Å². The molecular formula is C26H22O7. The van der Waals surface area contributed by atoms with E-state index in [1.165, 1.54) is 7.11 Å². The van der Waals surface area contributed by atoms with Crippen LogP contribution in [-0.4, -0.2) is 37.9 Å². The Kier molecular flexibility index (Phi) is 6.31. The number of carboxylic acid groups (broad SMARTS) is 1. The highest BCUT2D eigenvalue weighted by atomic mass is 16.7. The minimum atomic E-state index is -1.21. The molecule has 0 aromatic heterocycles. The van der Waals surface area contributed by atoms with Crippen molar-refractivity contribution in [3.8, 4) is 23.0 Å². The lowest BCUT2D eigenvalue weighted by atomic mass is 9.89. The maximum Gasteiger partial charge on any atom is 0.336 e. The van der Waals surface area contributed by atoms with Crippen LogP contribution in [0, 0.1) is 0 Å². The Morgan fingerprint density at radius 2 is 1.39 bits per heavy atom. The highest BCUT2D eigenvalue weighted by Crippen LogP contribution is 2.36. The van der Waals surface area contributed by atoms with Crippen LogP contribution in [0.3, 0.4) is 0 Å². The Morgan fingerprint density at radius 1 is 0.818 bits per heavy atom. The van der Waals surface area contributed by atoms with Crippen molar-refractivity contribution in [3.05, 3.63) is 89.0 Å². The van der Waals surface area contributed by atoms with E-state index in [4.69, 9.17) is 18.9 Å². The molecule has 0 unspecified atom stereocenters. The van der Waals surface area contributed by atoms with Gasteiger partial charge in [-0.05, 0) is 59.7 Å². The van der Waals surface area contributed by atoms with Crippen molar-refractivity contribution >= 4 is 17.3 Å². The van der Waals surface area contributed by atoms with Crippen molar-refractivity contribution in [2.45, 2.75) is 6.42 Å². The highest BCUT2D eigenvalue weighted by molar-refractivity contribution is 6.26. The molecule has 3 aromatic rings. The smallest absolute Gasteiger partial charge is 0.336 e. The molecular weight excluding hydrogens is 424 g/mol. The lowest BCUT2D eigenvalue weighted by Gasteiger charge is -2.14. The summed E-state index contributed by atoms with van der Waals surface area (Å²) < 4.78 is 21.1. The summed E-state index contributed by atoms with van der Waals surface area (Å²) in [5.74, 6) is 0.637. The number of methoxy groups -OCH3 is 2. The van der Waals surface area contributed by atoms with E-state index in [0.29, 0.717) is 34.1 Å². The van der Waals surface area contributed by atoms with Crippen LogP contribution in [-0.2, 0) is 11.2 Å². The molecule has 7 nitrogen and oxygen atoms in total. The molecule has 0 radical (unpaired) electrons. The standard InChI is InChI=1S/C26H22O7/c1-30-19-8-3-16(4-9-19)13-21(25(27)17-5-10-20(31-2)11-6-17)24(26(28)29)18-7-12-22-23(14-18)33-15-32-22/h3-12,14H,13,15H2,1-2H3,(H,28,29). The van der Waals surface area contributed by atoms with Crippen molar-refractivity contribution < 1.29 is 33.6 Å². The van der Waals surface area contributed by atoms with Crippen LogP contribution in [0.1, 0.15) is 21.5 Å². The Bertz CT molecular complexity index is 1210. The molecule has 0 amide bonds. The number of carboxylic acids is 1. The number of rotatable bonds is 8. The third-order valence-electron chi connectivity index (χ3n) is 5.34. The zero-order chi connectivity index (χ0) is 23.4. The summed E-state index contributed by atoms with van der Waals surface area (Å²) in [7, 11) is 3.10. The summed E-state index contributed by atoms with van der Waals surface area (Å²) in [4.78, 5) is 26.0. The van der Waals surface area contributed by atoms with Gasteiger partial charge in [0.15, 0.2) is 17.3 Å². The number of carbonyl (C=O) groups excluding carboxylic acids is 1. The summed E-state index contributed by atoms with van der Waals surface area (Å²) in [5.41, 5.74) is 1.55. The van der Waals surface area contributed by atoms with E-state index in [2.05, 4.69) is 0 Å². The molecule has 1 N–H and O–H groups in total. The molecule has 3 aromatic carbocycles. The molecule has 0 saturated carbocycles. The van der Waals surface area contributed by atoms with E-state index in [9.17, 15) is 14.7 Å². The first-order valence-corrected chi connectivity index (χ1v) is 10.2. The molecule has 4 rings (SSSR count). The van der Waals surface area contributed by atoms with Gasteiger partial charge in [0.05, 0.1) is 19.8 Å². The monoisotopic (exact) mass is 446 g/mol. The molecule has 1 aliphatic rings. The number of ketones is 1. The van der Waals surface area contributed by atoms with E-state index >= 15 is 0 Å². The Hall–Kier alpha value is -4.26. The largest absolute Gasteiger partial charge is 0.497 e. The fraction of sp³-hybridized carbons (Fsp3) is 0.154. The molecule has 0 saturated heterocycles. The topological polar surface area (TPSA) is 91.3 Å². The third-order valence-corrected chi connectivity index (χ3v) is 5.34. The third kappa shape index (κ3) is 4.67. The molecule has 0 fully saturated rings. The molecule has 0 spiro atoms. The van der Waals surface area contributed by atoms with Crippen LogP contribution in [0.5, 0.6) is 23.0 Å². The van der Waals surface area contributed by atoms with Gasteiger partial charge in [-0.25, -0.2) is 4.79 Å². The number of allylic oxidation sites excluding steroid dienone is 1. The zero-order valence-electron chi connectivity index (χ0n) is 18.2. The summed E-state index contributed by atoms with van der Waals surface area (Å²) in [6.45, 7) is 0.0639. The van der Waals surface area contributed by atoms with Gasteiger partial charge in [0.2, 0.25) is 6.79 Å². The minimum absolute atomic E-state index is 0.0639. The minimum Gasteiger partial charge on any atom is -0.497 e. The number of Topliss-reactive ketones (excluding diaryl/α,β-unsaturated/α-hetero) is 1. The van der Waals surface area contributed by atoms with Gasteiger partial charge < -0.3 is 24.1 Å². The first kappa shape index (κ1) is 22.0. The van der Waals surface area contributed by atoms with Crippen LogP contribution in [0.15, 0.2) is 72.3 Å². The van der Waals surface area contributed by atoms with E-state index in [1.807, 2.05) is 0 Å². The number of carbonyl (C=O) groups is 2. The van der Waals surface area contributed by atoms with Gasteiger partial charge in [-0.1, -0.05) is 18.2 Å². The predicted octanol–water partition coefficient (Wildman–Crippen LogP) is 4.40. The number of aliphatic carboxylic acids is 1. The molecule has 1 aliphatic heterocycles. The Labute approximate surface area is 190 Å². The average Bonchev–Trinajstić information content (AvgIpc) is 3.31.